The SMILES string of the molecule is COC(=O)c1cc2c(Cl)cc(CCO[N+](C)(O)S)cc2n1C. The van der Waals surface area contributed by atoms with Crippen molar-refractivity contribution in [3.05, 3.63) is 34.5 Å². The molecule has 1 unspecified atom stereocenters. The summed E-state index contributed by atoms with van der Waals surface area (Å²) in [4.78, 5) is 16.8. The second kappa shape index (κ2) is 6.47. The maximum absolute atomic E-state index is 11.7. The van der Waals surface area contributed by atoms with Gasteiger partial charge in [-0.3, -0.25) is 0 Å². The predicted molar refractivity (Wildman–Crippen MR) is 85.9 cm³/mol. The minimum absolute atomic E-state index is 0.270. The number of hydrogen-bond donors (Lipinski definition) is 2. The Kier molecular flexibility index (Phi) is 5.03. The zero-order valence-electron chi connectivity index (χ0n) is 12.5. The van der Waals surface area contributed by atoms with Gasteiger partial charge in [0.25, 0.3) is 0 Å². The van der Waals surface area contributed by atoms with Gasteiger partial charge < -0.3 is 9.30 Å². The quantitative estimate of drug-likeness (QED) is 0.378. The highest BCUT2D eigenvalue weighted by Crippen LogP contribution is 2.29. The number of hydrogen-bond acceptors (Lipinski definition) is 5. The van der Waals surface area contributed by atoms with Gasteiger partial charge in [0.2, 0.25) is 0 Å². The van der Waals surface area contributed by atoms with Gasteiger partial charge in [0, 0.05) is 23.1 Å². The number of esters is 1. The number of carbonyl (C=O) groups is 1. The van der Waals surface area contributed by atoms with Crippen LogP contribution in [0.2, 0.25) is 5.02 Å². The largest absolute Gasteiger partial charge is 0.464 e. The van der Waals surface area contributed by atoms with E-state index in [0.717, 1.165) is 16.5 Å². The topological polar surface area (TPSA) is 60.7 Å². The molecule has 1 atom stereocenters. The standard InChI is InChI=1S/C14H18ClN2O4S/c1-16-12-7-9(4-5-21-17(2,19)22)6-11(15)10(12)8-13(16)14(18)20-3/h6-8,19,22H,4-5H2,1-3H3/q+1. The molecular weight excluding hydrogens is 328 g/mol. The molecule has 0 aliphatic heterocycles. The summed E-state index contributed by atoms with van der Waals surface area (Å²) in [6, 6.07) is 5.45. The lowest BCUT2D eigenvalue weighted by Crippen LogP contribution is -2.29. The Morgan fingerprint density at radius 1 is 1.45 bits per heavy atom. The molecule has 1 heterocycles. The van der Waals surface area contributed by atoms with Crippen molar-refractivity contribution in [2.45, 2.75) is 6.42 Å². The number of hydroxylamine groups is 2. The maximum Gasteiger partial charge on any atom is 0.354 e. The second-order valence-corrected chi connectivity index (χ2v) is 6.16. The Bertz CT molecular complexity index is 709. The fourth-order valence-electron chi connectivity index (χ4n) is 2.22. The average Bonchev–Trinajstić information content (AvgIpc) is 2.75. The van der Waals surface area contributed by atoms with Gasteiger partial charge in [0.05, 0.1) is 17.6 Å². The van der Waals surface area contributed by atoms with Crippen LogP contribution in [0.25, 0.3) is 10.9 Å². The molecule has 0 aliphatic rings. The predicted octanol–water partition coefficient (Wildman–Crippen LogP) is 2.77. The summed E-state index contributed by atoms with van der Waals surface area (Å²) in [5.74, 6) is -0.414. The van der Waals surface area contributed by atoms with E-state index in [4.69, 9.17) is 21.2 Å². The van der Waals surface area contributed by atoms with Crippen molar-refractivity contribution < 1.29 is 23.8 Å². The summed E-state index contributed by atoms with van der Waals surface area (Å²) >= 11 is 10.1. The van der Waals surface area contributed by atoms with Crippen LogP contribution in [-0.2, 0) is 23.0 Å². The van der Waals surface area contributed by atoms with E-state index in [1.165, 1.54) is 14.2 Å². The molecule has 120 valence electrons. The highest BCUT2D eigenvalue weighted by atomic mass is 35.5. The van der Waals surface area contributed by atoms with Crippen LogP contribution in [0.3, 0.4) is 0 Å². The molecule has 2 rings (SSSR count). The first-order valence-electron chi connectivity index (χ1n) is 6.55. The normalized spacial score (nSPS) is 14.1. The summed E-state index contributed by atoms with van der Waals surface area (Å²) in [7, 11) is 4.51. The van der Waals surface area contributed by atoms with E-state index in [0.29, 0.717) is 17.1 Å². The molecule has 1 aromatic carbocycles. The van der Waals surface area contributed by atoms with Crippen LogP contribution in [0, 0.1) is 0 Å². The van der Waals surface area contributed by atoms with Crippen LogP contribution in [0.5, 0.6) is 0 Å². The summed E-state index contributed by atoms with van der Waals surface area (Å²) in [6.45, 7) is 0.270. The van der Waals surface area contributed by atoms with Gasteiger partial charge in [-0.05, 0) is 23.8 Å². The lowest BCUT2D eigenvalue weighted by molar-refractivity contribution is -1.14. The third-order valence-electron chi connectivity index (χ3n) is 3.29. The number of quaternary nitrogens is 1. The minimum Gasteiger partial charge on any atom is -0.464 e. The summed E-state index contributed by atoms with van der Waals surface area (Å²) < 4.78 is 5.64. The van der Waals surface area contributed by atoms with Crippen LogP contribution < -0.4 is 0 Å². The molecular formula is C14H18ClN2O4S+. The maximum atomic E-state index is 11.7. The van der Waals surface area contributed by atoms with Crippen molar-refractivity contribution in [2.24, 2.45) is 7.05 Å². The first kappa shape index (κ1) is 17.1. The Hall–Kier alpha value is -1.25. The van der Waals surface area contributed by atoms with E-state index in [1.54, 1.807) is 17.7 Å². The van der Waals surface area contributed by atoms with Crippen LogP contribution in [0.1, 0.15) is 16.1 Å². The van der Waals surface area contributed by atoms with E-state index in [9.17, 15) is 10.0 Å². The first-order chi connectivity index (χ1) is 10.2. The van der Waals surface area contributed by atoms with E-state index >= 15 is 0 Å². The molecule has 1 N–H and O–H groups in total. The Balaban J connectivity index is 2.32. The number of ether oxygens (including phenoxy) is 1. The monoisotopic (exact) mass is 345 g/mol. The number of methoxy groups -OCH3 is 1. The highest BCUT2D eigenvalue weighted by molar-refractivity contribution is 7.73. The van der Waals surface area contributed by atoms with Gasteiger partial charge in [-0.1, -0.05) is 11.6 Å². The first-order valence-corrected chi connectivity index (χ1v) is 7.33. The third-order valence-corrected chi connectivity index (χ3v) is 3.72. The molecule has 8 heteroatoms. The molecule has 0 bridgehead atoms. The van der Waals surface area contributed by atoms with Crippen molar-refractivity contribution in [3.63, 3.8) is 0 Å². The molecule has 0 amide bonds. The number of nitrogens with zero attached hydrogens (tertiary/aromatic N) is 2. The van der Waals surface area contributed by atoms with Gasteiger partial charge in [-0.2, -0.15) is 10.0 Å². The van der Waals surface area contributed by atoms with E-state index in [1.807, 2.05) is 12.1 Å². The number of halogens is 1. The van der Waals surface area contributed by atoms with E-state index < -0.39 is 10.2 Å². The highest BCUT2D eigenvalue weighted by Gasteiger charge is 2.17. The number of aromatic nitrogens is 1. The van der Waals surface area contributed by atoms with Crippen molar-refractivity contribution in [1.82, 2.24) is 4.57 Å². The number of thiol groups is 1. The summed E-state index contributed by atoms with van der Waals surface area (Å²) in [5.41, 5.74) is 2.19. The average molecular weight is 346 g/mol. The Morgan fingerprint density at radius 3 is 2.73 bits per heavy atom. The van der Waals surface area contributed by atoms with Crippen molar-refractivity contribution in [2.75, 3.05) is 20.8 Å². The second-order valence-electron chi connectivity index (χ2n) is 5.01. The molecule has 6 nitrogen and oxygen atoms in total. The zero-order chi connectivity index (χ0) is 16.5. The molecule has 0 aliphatic carbocycles. The van der Waals surface area contributed by atoms with Crippen molar-refractivity contribution >= 4 is 41.3 Å². The molecule has 2 aromatic rings. The summed E-state index contributed by atoms with van der Waals surface area (Å²) in [5, 5.41) is 10.7. The lowest BCUT2D eigenvalue weighted by atomic mass is 10.1. The van der Waals surface area contributed by atoms with Crippen molar-refractivity contribution in [1.29, 1.82) is 0 Å². The number of fused-ring (bicyclic) bond motifs is 1. The number of rotatable bonds is 5. The molecule has 0 saturated carbocycles. The number of aryl methyl sites for hydroxylation is 1. The molecule has 0 fully saturated rings. The smallest absolute Gasteiger partial charge is 0.354 e. The fraction of sp³-hybridized carbons (Fsp3) is 0.357. The molecule has 0 radical (unpaired) electrons. The number of carbonyl (C=O) groups excluding carboxylic acids is 1. The third kappa shape index (κ3) is 3.74. The zero-order valence-corrected chi connectivity index (χ0v) is 14.2. The van der Waals surface area contributed by atoms with Gasteiger partial charge >= 0.3 is 5.97 Å². The van der Waals surface area contributed by atoms with Crippen LogP contribution in [0.4, 0.5) is 0 Å². The van der Waals surface area contributed by atoms with Gasteiger partial charge in [-0.15, -0.1) is 0 Å². The Morgan fingerprint density at radius 2 is 2.14 bits per heavy atom. The van der Waals surface area contributed by atoms with Gasteiger partial charge in [0.15, 0.2) is 0 Å². The Labute approximate surface area is 138 Å². The molecule has 22 heavy (non-hydrogen) atoms. The minimum atomic E-state index is -0.855. The van der Waals surface area contributed by atoms with Crippen LogP contribution >= 0.6 is 24.4 Å². The summed E-state index contributed by atoms with van der Waals surface area (Å²) in [6.07, 6.45) is 0.545. The number of benzene rings is 1. The van der Waals surface area contributed by atoms with Gasteiger partial charge in [0.1, 0.15) is 32.2 Å². The molecule has 0 spiro atoms. The van der Waals surface area contributed by atoms with E-state index in [-0.39, 0.29) is 6.61 Å². The van der Waals surface area contributed by atoms with E-state index in [2.05, 4.69) is 12.8 Å². The van der Waals surface area contributed by atoms with Crippen LogP contribution in [0.15, 0.2) is 18.2 Å². The fourth-order valence-corrected chi connectivity index (χ4v) is 2.60. The van der Waals surface area contributed by atoms with Crippen LogP contribution in [-0.4, -0.2) is 40.7 Å². The van der Waals surface area contributed by atoms with Gasteiger partial charge in [-0.25, -0.2) is 4.79 Å². The molecule has 1 aromatic heterocycles. The van der Waals surface area contributed by atoms with Crippen molar-refractivity contribution in [3.8, 4) is 0 Å². The lowest BCUT2D eigenvalue weighted by Gasteiger charge is -2.14. The molecule has 0 saturated heterocycles.